The van der Waals surface area contributed by atoms with E-state index in [1.54, 1.807) is 22.8 Å². The maximum atomic E-state index is 4.23. The highest BCUT2D eigenvalue weighted by atomic mass is 79.9. The Balaban J connectivity index is 2.01. The third-order valence-corrected chi connectivity index (χ3v) is 4.80. The Kier molecular flexibility index (Phi) is 5.63. The van der Waals surface area contributed by atoms with Crippen LogP contribution in [-0.2, 0) is 13.6 Å². The predicted octanol–water partition coefficient (Wildman–Crippen LogP) is 3.47. The lowest BCUT2D eigenvalue weighted by Crippen LogP contribution is -2.18. The van der Waals surface area contributed by atoms with Crippen molar-refractivity contribution in [2.45, 2.75) is 30.4 Å². The van der Waals surface area contributed by atoms with Gasteiger partial charge in [-0.1, -0.05) is 19.9 Å². The second-order valence-electron chi connectivity index (χ2n) is 5.06. The summed E-state index contributed by atoms with van der Waals surface area (Å²) in [4.78, 5) is 5.37. The van der Waals surface area contributed by atoms with E-state index in [4.69, 9.17) is 0 Å². The minimum absolute atomic E-state index is 0.671. The van der Waals surface area contributed by atoms with E-state index < -0.39 is 0 Å². The molecule has 0 unspecified atom stereocenters. The normalized spacial score (nSPS) is 11.2. The van der Waals surface area contributed by atoms with Gasteiger partial charge in [-0.2, -0.15) is 5.10 Å². The monoisotopic (exact) mass is 354 g/mol. The summed E-state index contributed by atoms with van der Waals surface area (Å²) in [5, 5.41) is 8.41. The van der Waals surface area contributed by atoms with E-state index in [-0.39, 0.29) is 0 Å². The van der Waals surface area contributed by atoms with Gasteiger partial charge in [-0.05, 0) is 57.9 Å². The lowest BCUT2D eigenvalue weighted by Gasteiger charge is -2.09. The molecule has 1 heterocycles. The lowest BCUT2D eigenvalue weighted by molar-refractivity contribution is 0.552. The summed E-state index contributed by atoms with van der Waals surface area (Å²) in [5.74, 6) is 0.671. The van der Waals surface area contributed by atoms with Crippen molar-refractivity contribution in [3.8, 4) is 0 Å². The molecule has 0 saturated heterocycles. The van der Waals surface area contributed by atoms with Gasteiger partial charge in [0, 0.05) is 23.0 Å². The largest absolute Gasteiger partial charge is 0.312 e. The van der Waals surface area contributed by atoms with Gasteiger partial charge in [-0.15, -0.1) is 0 Å². The van der Waals surface area contributed by atoms with Crippen molar-refractivity contribution in [3.05, 3.63) is 34.6 Å². The second-order valence-corrected chi connectivity index (χ2v) is 6.92. The summed E-state index contributed by atoms with van der Waals surface area (Å²) in [6.07, 6.45) is 1.57. The van der Waals surface area contributed by atoms with Gasteiger partial charge < -0.3 is 5.32 Å². The fourth-order valence-electron chi connectivity index (χ4n) is 1.72. The van der Waals surface area contributed by atoms with Crippen LogP contribution in [0.1, 0.15) is 19.4 Å². The van der Waals surface area contributed by atoms with Crippen LogP contribution in [0.2, 0.25) is 0 Å². The molecule has 0 aliphatic carbocycles. The van der Waals surface area contributed by atoms with Crippen molar-refractivity contribution >= 4 is 27.7 Å². The van der Waals surface area contributed by atoms with Gasteiger partial charge >= 0.3 is 0 Å². The number of benzene rings is 1. The zero-order valence-corrected chi connectivity index (χ0v) is 14.3. The van der Waals surface area contributed by atoms with E-state index >= 15 is 0 Å². The van der Waals surface area contributed by atoms with Crippen LogP contribution in [0, 0.1) is 5.92 Å². The number of nitrogens with one attached hydrogen (secondary N) is 1. The van der Waals surface area contributed by atoms with Crippen molar-refractivity contribution in [2.24, 2.45) is 13.0 Å². The number of rotatable bonds is 6. The molecule has 1 N–H and O–H groups in total. The van der Waals surface area contributed by atoms with Crippen LogP contribution in [0.4, 0.5) is 0 Å². The summed E-state index contributed by atoms with van der Waals surface area (Å²) < 4.78 is 2.87. The first-order valence-electron chi connectivity index (χ1n) is 6.57. The molecule has 0 spiro atoms. The summed E-state index contributed by atoms with van der Waals surface area (Å²) in [5.41, 5.74) is 1.28. The number of hydrogen-bond acceptors (Lipinski definition) is 4. The first-order valence-corrected chi connectivity index (χ1v) is 8.18. The highest BCUT2D eigenvalue weighted by Gasteiger charge is 2.07. The molecule has 1 aromatic carbocycles. The van der Waals surface area contributed by atoms with Crippen LogP contribution in [0.15, 0.2) is 39.1 Å². The van der Waals surface area contributed by atoms with Crippen LogP contribution < -0.4 is 5.32 Å². The Morgan fingerprint density at radius 2 is 2.20 bits per heavy atom. The maximum absolute atomic E-state index is 4.23. The molecule has 1 aromatic heterocycles. The number of aromatic nitrogens is 3. The SMILES string of the molecule is CC(C)CNCc1ccc(Sc2ncnn2C)c(Br)c1. The Labute approximate surface area is 132 Å². The van der Waals surface area contributed by atoms with Gasteiger partial charge in [-0.3, -0.25) is 0 Å². The van der Waals surface area contributed by atoms with Crippen molar-refractivity contribution < 1.29 is 0 Å². The van der Waals surface area contributed by atoms with E-state index in [0.29, 0.717) is 5.92 Å². The zero-order valence-electron chi connectivity index (χ0n) is 11.9. The fourth-order valence-corrected chi connectivity index (χ4v) is 3.16. The summed E-state index contributed by atoms with van der Waals surface area (Å²) in [6, 6.07) is 6.43. The third kappa shape index (κ3) is 4.33. The molecule has 20 heavy (non-hydrogen) atoms. The molecule has 0 amide bonds. The molecule has 0 radical (unpaired) electrons. The van der Waals surface area contributed by atoms with Crippen molar-refractivity contribution in [3.63, 3.8) is 0 Å². The zero-order chi connectivity index (χ0) is 14.5. The average Bonchev–Trinajstić information content (AvgIpc) is 2.78. The van der Waals surface area contributed by atoms with Crippen LogP contribution in [0.25, 0.3) is 0 Å². The molecule has 0 saturated carbocycles. The van der Waals surface area contributed by atoms with E-state index in [0.717, 1.165) is 27.6 Å². The Morgan fingerprint density at radius 3 is 2.80 bits per heavy atom. The van der Waals surface area contributed by atoms with E-state index in [1.807, 2.05) is 7.05 Å². The van der Waals surface area contributed by atoms with Crippen molar-refractivity contribution in [1.82, 2.24) is 20.1 Å². The minimum atomic E-state index is 0.671. The summed E-state index contributed by atoms with van der Waals surface area (Å²) >= 11 is 5.24. The molecule has 2 aromatic rings. The molecule has 0 aliphatic rings. The van der Waals surface area contributed by atoms with Gasteiger partial charge in [-0.25, -0.2) is 9.67 Å². The molecule has 108 valence electrons. The molecule has 4 nitrogen and oxygen atoms in total. The summed E-state index contributed by atoms with van der Waals surface area (Å²) in [7, 11) is 1.90. The first kappa shape index (κ1) is 15.5. The van der Waals surface area contributed by atoms with Crippen molar-refractivity contribution in [1.29, 1.82) is 0 Å². The quantitative estimate of drug-likeness (QED) is 0.862. The minimum Gasteiger partial charge on any atom is -0.312 e. The Bertz CT molecular complexity index is 568. The highest BCUT2D eigenvalue weighted by Crippen LogP contribution is 2.32. The second kappa shape index (κ2) is 7.24. The molecular formula is C14H19BrN4S. The molecule has 0 fully saturated rings. The number of aryl methyl sites for hydroxylation is 1. The molecule has 0 atom stereocenters. The Hall–Kier alpha value is -0.850. The van der Waals surface area contributed by atoms with Crippen LogP contribution in [0.5, 0.6) is 0 Å². The van der Waals surface area contributed by atoms with Gasteiger partial charge in [0.15, 0.2) is 5.16 Å². The number of hydrogen-bond donors (Lipinski definition) is 1. The fraction of sp³-hybridized carbons (Fsp3) is 0.429. The average molecular weight is 355 g/mol. The molecule has 0 aliphatic heterocycles. The van der Waals surface area contributed by atoms with Gasteiger partial charge in [0.1, 0.15) is 6.33 Å². The maximum Gasteiger partial charge on any atom is 0.190 e. The van der Waals surface area contributed by atoms with Crippen molar-refractivity contribution in [2.75, 3.05) is 6.54 Å². The first-order chi connectivity index (χ1) is 9.56. The molecule has 6 heteroatoms. The summed E-state index contributed by atoms with van der Waals surface area (Å²) in [6.45, 7) is 6.35. The Morgan fingerprint density at radius 1 is 1.40 bits per heavy atom. The van der Waals surface area contributed by atoms with Crippen LogP contribution in [-0.4, -0.2) is 21.3 Å². The molecular weight excluding hydrogens is 336 g/mol. The van der Waals surface area contributed by atoms with Gasteiger partial charge in [0.25, 0.3) is 0 Å². The van der Waals surface area contributed by atoms with E-state index in [9.17, 15) is 0 Å². The number of nitrogens with zero attached hydrogens (tertiary/aromatic N) is 3. The molecule has 0 bridgehead atoms. The topological polar surface area (TPSA) is 42.7 Å². The van der Waals surface area contributed by atoms with E-state index in [1.165, 1.54) is 5.56 Å². The highest BCUT2D eigenvalue weighted by molar-refractivity contribution is 9.10. The predicted molar refractivity (Wildman–Crippen MR) is 85.8 cm³/mol. The van der Waals surface area contributed by atoms with Gasteiger partial charge in [0.05, 0.1) is 0 Å². The van der Waals surface area contributed by atoms with Gasteiger partial charge in [0.2, 0.25) is 0 Å². The lowest BCUT2D eigenvalue weighted by atomic mass is 10.2. The third-order valence-electron chi connectivity index (χ3n) is 2.75. The smallest absolute Gasteiger partial charge is 0.190 e. The van der Waals surface area contributed by atoms with E-state index in [2.05, 4.69) is 63.4 Å². The van der Waals surface area contributed by atoms with Crippen LogP contribution in [0.3, 0.4) is 0 Å². The van der Waals surface area contributed by atoms with Crippen LogP contribution >= 0.6 is 27.7 Å². The standard InChI is InChI=1S/C14H19BrN4S/c1-10(2)7-16-8-11-4-5-13(12(15)6-11)20-14-17-9-18-19(14)3/h4-6,9-10,16H,7-8H2,1-3H3. The molecule has 2 rings (SSSR count). The number of halogens is 1.